The number of esters is 1. The second-order valence-electron chi connectivity index (χ2n) is 5.60. The van der Waals surface area contributed by atoms with Gasteiger partial charge >= 0.3 is 12.6 Å². The zero-order chi connectivity index (χ0) is 18.6. The Kier molecular flexibility index (Phi) is 6.31. The fourth-order valence-corrected chi connectivity index (χ4v) is 3.39. The van der Waals surface area contributed by atoms with Gasteiger partial charge in [-0.15, -0.1) is 0 Å². The van der Waals surface area contributed by atoms with Gasteiger partial charge in [0.1, 0.15) is 0 Å². The van der Waals surface area contributed by atoms with Crippen LogP contribution in [0, 0.1) is 0 Å². The minimum Gasteiger partial charge on any atom is -0.465 e. The summed E-state index contributed by atoms with van der Waals surface area (Å²) in [6.45, 7) is -3.00. The first-order chi connectivity index (χ1) is 11.7. The van der Waals surface area contributed by atoms with Gasteiger partial charge in [0.05, 0.1) is 37.7 Å². The Morgan fingerprint density at radius 1 is 1.32 bits per heavy atom. The van der Waals surface area contributed by atoms with Crippen molar-refractivity contribution in [2.75, 3.05) is 31.4 Å². The fourth-order valence-electron chi connectivity index (χ4n) is 2.76. The van der Waals surface area contributed by atoms with Crippen LogP contribution in [-0.4, -0.2) is 59.7 Å². The Morgan fingerprint density at radius 2 is 1.96 bits per heavy atom. The van der Waals surface area contributed by atoms with E-state index in [4.69, 9.17) is 4.18 Å². The molecule has 0 bridgehead atoms. The van der Waals surface area contributed by atoms with Crippen LogP contribution in [0.2, 0.25) is 0 Å². The second-order valence-corrected chi connectivity index (χ2v) is 7.20. The Balaban J connectivity index is 2.17. The van der Waals surface area contributed by atoms with E-state index in [0.717, 1.165) is 6.26 Å². The van der Waals surface area contributed by atoms with Crippen LogP contribution in [0.25, 0.3) is 0 Å². The summed E-state index contributed by atoms with van der Waals surface area (Å²) in [5, 5.41) is 0. The number of hydrogen-bond acceptors (Lipinski definition) is 7. The number of carbonyl (C=O) groups excluding carboxylic acids is 1. The molecule has 1 aromatic carbocycles. The highest BCUT2D eigenvalue weighted by molar-refractivity contribution is 7.86. The monoisotopic (exact) mass is 379 g/mol. The van der Waals surface area contributed by atoms with Gasteiger partial charge in [0.25, 0.3) is 10.1 Å². The van der Waals surface area contributed by atoms with Gasteiger partial charge in [-0.1, -0.05) is 0 Å². The van der Waals surface area contributed by atoms with Crippen LogP contribution in [0.15, 0.2) is 24.3 Å². The van der Waals surface area contributed by atoms with E-state index in [2.05, 4.69) is 9.47 Å². The van der Waals surface area contributed by atoms with Gasteiger partial charge in [0.15, 0.2) is 0 Å². The lowest BCUT2D eigenvalue weighted by molar-refractivity contribution is -0.131. The van der Waals surface area contributed by atoms with Crippen LogP contribution in [0.4, 0.5) is 14.5 Å². The standard InChI is InChI=1S/C15H19F2NO6S/c1-22-14(19)10-3-5-11(6-4-10)18-8-13(24-25(2,20)21)7-12(18)9-23-15(16)17/h3-6,12-13,15H,7-9H2,1-2H3/t12-,13+/m0/s1. The van der Waals surface area contributed by atoms with Gasteiger partial charge in [0.2, 0.25) is 0 Å². The minimum atomic E-state index is -3.67. The van der Waals surface area contributed by atoms with Gasteiger partial charge in [0, 0.05) is 12.2 Å². The highest BCUT2D eigenvalue weighted by Crippen LogP contribution is 2.29. The van der Waals surface area contributed by atoms with Crippen molar-refractivity contribution in [2.45, 2.75) is 25.2 Å². The predicted octanol–water partition coefficient (Wildman–Crippen LogP) is 1.64. The number of anilines is 1. The molecule has 1 saturated heterocycles. The first kappa shape index (κ1) is 19.5. The summed E-state index contributed by atoms with van der Waals surface area (Å²) in [4.78, 5) is 13.2. The lowest BCUT2D eigenvalue weighted by atomic mass is 10.1. The minimum absolute atomic E-state index is 0.196. The molecule has 1 aliphatic rings. The average Bonchev–Trinajstić information content (AvgIpc) is 2.93. The molecule has 0 aromatic heterocycles. The van der Waals surface area contributed by atoms with E-state index in [1.54, 1.807) is 17.0 Å². The molecule has 1 aromatic rings. The SMILES string of the molecule is COC(=O)c1ccc(N2C[C@H](OS(C)(=O)=O)C[C@H]2COC(F)F)cc1. The molecule has 0 unspecified atom stereocenters. The fraction of sp³-hybridized carbons (Fsp3) is 0.533. The summed E-state index contributed by atoms with van der Waals surface area (Å²) >= 11 is 0. The van der Waals surface area contributed by atoms with Crippen LogP contribution in [0.3, 0.4) is 0 Å². The van der Waals surface area contributed by atoms with Crippen LogP contribution >= 0.6 is 0 Å². The number of halogens is 2. The Hall–Kier alpha value is -1.78. The van der Waals surface area contributed by atoms with E-state index < -0.39 is 34.8 Å². The average molecular weight is 379 g/mol. The molecule has 10 heteroatoms. The molecule has 2 atom stereocenters. The number of nitrogens with zero attached hydrogens (tertiary/aromatic N) is 1. The molecule has 25 heavy (non-hydrogen) atoms. The lowest BCUT2D eigenvalue weighted by Gasteiger charge is -2.26. The smallest absolute Gasteiger partial charge is 0.345 e. The van der Waals surface area contributed by atoms with E-state index in [-0.39, 0.29) is 19.6 Å². The van der Waals surface area contributed by atoms with Crippen molar-refractivity contribution in [1.29, 1.82) is 0 Å². The molecule has 0 N–H and O–H groups in total. The van der Waals surface area contributed by atoms with Crippen molar-refractivity contribution < 1.29 is 35.6 Å². The van der Waals surface area contributed by atoms with Gasteiger partial charge in [-0.25, -0.2) is 4.79 Å². The van der Waals surface area contributed by atoms with Crippen LogP contribution in [-0.2, 0) is 23.8 Å². The van der Waals surface area contributed by atoms with Gasteiger partial charge in [-0.05, 0) is 30.7 Å². The maximum atomic E-state index is 12.3. The summed E-state index contributed by atoms with van der Waals surface area (Å²) in [5.74, 6) is -0.496. The first-order valence-electron chi connectivity index (χ1n) is 7.42. The maximum Gasteiger partial charge on any atom is 0.345 e. The number of ether oxygens (including phenoxy) is 2. The third-order valence-electron chi connectivity index (χ3n) is 3.72. The zero-order valence-corrected chi connectivity index (χ0v) is 14.5. The second kappa shape index (κ2) is 8.07. The summed E-state index contributed by atoms with van der Waals surface area (Å²) in [5.41, 5.74) is 0.977. The quantitative estimate of drug-likeness (QED) is 0.526. The topological polar surface area (TPSA) is 82.1 Å². The van der Waals surface area contributed by atoms with E-state index in [0.29, 0.717) is 11.3 Å². The number of hydrogen-bond donors (Lipinski definition) is 0. The van der Waals surface area contributed by atoms with Gasteiger partial charge < -0.3 is 14.4 Å². The summed E-state index contributed by atoms with van der Waals surface area (Å²) in [7, 11) is -2.40. The van der Waals surface area contributed by atoms with Gasteiger partial charge in [-0.2, -0.15) is 17.2 Å². The third-order valence-corrected chi connectivity index (χ3v) is 4.34. The van der Waals surface area contributed by atoms with Crippen molar-refractivity contribution in [1.82, 2.24) is 0 Å². The molecular weight excluding hydrogens is 360 g/mol. The highest BCUT2D eigenvalue weighted by atomic mass is 32.2. The normalized spacial score (nSPS) is 20.9. The van der Waals surface area contributed by atoms with Gasteiger partial charge in [-0.3, -0.25) is 4.18 Å². The van der Waals surface area contributed by atoms with Crippen molar-refractivity contribution in [3.05, 3.63) is 29.8 Å². The Bertz CT molecular complexity index is 694. The van der Waals surface area contributed by atoms with Crippen LogP contribution < -0.4 is 4.90 Å². The van der Waals surface area contributed by atoms with E-state index in [1.165, 1.54) is 19.2 Å². The Morgan fingerprint density at radius 3 is 2.48 bits per heavy atom. The first-order valence-corrected chi connectivity index (χ1v) is 9.24. The maximum absolute atomic E-state index is 12.3. The predicted molar refractivity (Wildman–Crippen MR) is 85.2 cm³/mol. The number of benzene rings is 1. The molecule has 0 aliphatic carbocycles. The molecule has 2 rings (SSSR count). The molecule has 7 nitrogen and oxygen atoms in total. The van der Waals surface area contributed by atoms with E-state index in [1.807, 2.05) is 0 Å². The van der Waals surface area contributed by atoms with E-state index >= 15 is 0 Å². The summed E-state index contributed by atoms with van der Waals surface area (Å²) in [6.07, 6.45) is 0.492. The summed E-state index contributed by atoms with van der Waals surface area (Å²) < 4.78 is 61.3. The zero-order valence-electron chi connectivity index (χ0n) is 13.7. The van der Waals surface area contributed by atoms with E-state index in [9.17, 15) is 22.0 Å². The van der Waals surface area contributed by atoms with Crippen molar-refractivity contribution in [2.24, 2.45) is 0 Å². The molecule has 1 aliphatic heterocycles. The van der Waals surface area contributed by atoms with Crippen molar-refractivity contribution >= 4 is 21.8 Å². The molecule has 1 fully saturated rings. The number of rotatable bonds is 7. The molecular formula is C15H19F2NO6S. The molecule has 0 radical (unpaired) electrons. The largest absolute Gasteiger partial charge is 0.465 e. The van der Waals surface area contributed by atoms with Crippen molar-refractivity contribution in [3.8, 4) is 0 Å². The summed E-state index contributed by atoms with van der Waals surface area (Å²) in [6, 6.07) is 5.85. The van der Waals surface area contributed by atoms with Crippen molar-refractivity contribution in [3.63, 3.8) is 0 Å². The van der Waals surface area contributed by atoms with Crippen LogP contribution in [0.5, 0.6) is 0 Å². The molecule has 1 heterocycles. The number of alkyl halides is 2. The Labute approximate surface area is 144 Å². The lowest BCUT2D eigenvalue weighted by Crippen LogP contribution is -2.34. The number of methoxy groups -OCH3 is 1. The molecule has 140 valence electrons. The molecule has 0 saturated carbocycles. The van der Waals surface area contributed by atoms with Crippen LogP contribution in [0.1, 0.15) is 16.8 Å². The molecule has 0 spiro atoms. The number of carbonyl (C=O) groups is 1. The molecule has 0 amide bonds. The highest BCUT2D eigenvalue weighted by Gasteiger charge is 2.35. The third kappa shape index (κ3) is 5.62.